The molecule has 1 aliphatic rings. The summed E-state index contributed by atoms with van der Waals surface area (Å²) in [6, 6.07) is 0. The molecule has 10 heavy (non-hydrogen) atoms. The van der Waals surface area contributed by atoms with Gasteiger partial charge in [-0.05, 0) is 43.6 Å². The molecular weight excluding hydrogens is 122 g/mol. The molecule has 0 aliphatic heterocycles. The van der Waals surface area contributed by atoms with Crippen LogP contribution in [0.4, 0.5) is 0 Å². The second kappa shape index (κ2) is 3.38. The van der Waals surface area contributed by atoms with Gasteiger partial charge in [-0.3, -0.25) is 0 Å². The second-order valence-corrected chi connectivity index (χ2v) is 3.82. The monoisotopic (exact) mass is 141 g/mol. The zero-order valence-electron chi connectivity index (χ0n) is 7.14. The second-order valence-electron chi connectivity index (χ2n) is 3.82. The molecule has 1 fully saturated rings. The quantitative estimate of drug-likeness (QED) is 0.639. The fourth-order valence-corrected chi connectivity index (χ4v) is 2.04. The van der Waals surface area contributed by atoms with Crippen molar-refractivity contribution in [2.75, 3.05) is 6.54 Å². The molecule has 2 atom stereocenters. The molecular formula is C9H19N. The van der Waals surface area contributed by atoms with Crippen molar-refractivity contribution in [1.82, 2.24) is 0 Å². The van der Waals surface area contributed by atoms with Gasteiger partial charge in [-0.15, -0.1) is 0 Å². The zero-order chi connectivity index (χ0) is 7.56. The molecule has 0 bridgehead atoms. The molecule has 1 aliphatic carbocycles. The van der Waals surface area contributed by atoms with E-state index < -0.39 is 0 Å². The summed E-state index contributed by atoms with van der Waals surface area (Å²) >= 11 is 0. The number of rotatable bonds is 3. The molecule has 1 saturated carbocycles. The molecule has 1 rings (SSSR count). The molecule has 2 unspecified atom stereocenters. The number of hydrogen-bond acceptors (Lipinski definition) is 1. The Morgan fingerprint density at radius 3 is 2.40 bits per heavy atom. The van der Waals surface area contributed by atoms with E-state index >= 15 is 0 Å². The van der Waals surface area contributed by atoms with E-state index in [0.29, 0.717) is 0 Å². The SMILES string of the molecule is CC(C)C1CCC1CCN. The Morgan fingerprint density at radius 2 is 2.10 bits per heavy atom. The first kappa shape index (κ1) is 8.06. The largest absolute Gasteiger partial charge is 0.330 e. The third kappa shape index (κ3) is 1.51. The van der Waals surface area contributed by atoms with Gasteiger partial charge in [0.05, 0.1) is 0 Å². The lowest BCUT2D eigenvalue weighted by atomic mass is 9.67. The van der Waals surface area contributed by atoms with Crippen LogP contribution in [0, 0.1) is 17.8 Å². The van der Waals surface area contributed by atoms with Gasteiger partial charge in [0.25, 0.3) is 0 Å². The van der Waals surface area contributed by atoms with Crippen LogP contribution in [0.25, 0.3) is 0 Å². The summed E-state index contributed by atoms with van der Waals surface area (Å²) in [6.07, 6.45) is 4.13. The summed E-state index contributed by atoms with van der Waals surface area (Å²) < 4.78 is 0. The Morgan fingerprint density at radius 1 is 1.40 bits per heavy atom. The first-order valence-corrected chi connectivity index (χ1v) is 4.45. The third-order valence-corrected chi connectivity index (χ3v) is 2.87. The fraction of sp³-hybridized carbons (Fsp3) is 1.00. The Balaban J connectivity index is 2.22. The van der Waals surface area contributed by atoms with Gasteiger partial charge in [0.15, 0.2) is 0 Å². The highest BCUT2D eigenvalue weighted by Crippen LogP contribution is 2.41. The van der Waals surface area contributed by atoms with Gasteiger partial charge in [-0.25, -0.2) is 0 Å². The lowest BCUT2D eigenvalue weighted by Gasteiger charge is -2.39. The molecule has 1 heteroatoms. The third-order valence-electron chi connectivity index (χ3n) is 2.87. The van der Waals surface area contributed by atoms with E-state index in [1.54, 1.807) is 0 Å². The molecule has 0 aromatic rings. The van der Waals surface area contributed by atoms with Crippen LogP contribution in [-0.4, -0.2) is 6.54 Å². The predicted molar refractivity (Wildman–Crippen MR) is 44.7 cm³/mol. The summed E-state index contributed by atoms with van der Waals surface area (Å²) in [5.74, 6) is 2.83. The van der Waals surface area contributed by atoms with E-state index in [9.17, 15) is 0 Å². The maximum Gasteiger partial charge on any atom is -0.00745 e. The normalized spacial score (nSPS) is 32.4. The summed E-state index contributed by atoms with van der Waals surface area (Å²) in [6.45, 7) is 5.54. The van der Waals surface area contributed by atoms with Gasteiger partial charge in [0, 0.05) is 0 Å². The van der Waals surface area contributed by atoms with Gasteiger partial charge in [0.2, 0.25) is 0 Å². The van der Waals surface area contributed by atoms with Crippen LogP contribution in [0.15, 0.2) is 0 Å². The van der Waals surface area contributed by atoms with Crippen LogP contribution in [0.1, 0.15) is 33.1 Å². The number of hydrogen-bond donors (Lipinski definition) is 1. The Kier molecular flexibility index (Phi) is 2.72. The Labute approximate surface area is 64.0 Å². The standard InChI is InChI=1S/C9H19N/c1-7(2)9-4-3-8(9)5-6-10/h7-9H,3-6,10H2,1-2H3. The van der Waals surface area contributed by atoms with E-state index in [4.69, 9.17) is 5.73 Å². The fourth-order valence-electron chi connectivity index (χ4n) is 2.04. The highest BCUT2D eigenvalue weighted by Gasteiger charge is 2.31. The molecule has 1 nitrogen and oxygen atoms in total. The molecule has 0 heterocycles. The van der Waals surface area contributed by atoms with Crippen molar-refractivity contribution in [1.29, 1.82) is 0 Å². The van der Waals surface area contributed by atoms with E-state index in [-0.39, 0.29) is 0 Å². The average Bonchev–Trinajstić information content (AvgIpc) is 1.78. The van der Waals surface area contributed by atoms with Crippen LogP contribution >= 0.6 is 0 Å². The lowest BCUT2D eigenvalue weighted by Crippen LogP contribution is -2.31. The molecule has 2 N–H and O–H groups in total. The minimum Gasteiger partial charge on any atom is -0.330 e. The summed E-state index contributed by atoms with van der Waals surface area (Å²) in [5, 5.41) is 0. The highest BCUT2D eigenvalue weighted by molar-refractivity contribution is 4.82. The van der Waals surface area contributed by atoms with Gasteiger partial charge < -0.3 is 5.73 Å². The smallest absolute Gasteiger partial charge is 0.00745 e. The Hall–Kier alpha value is -0.0400. The van der Waals surface area contributed by atoms with Crippen LogP contribution in [-0.2, 0) is 0 Å². The summed E-state index contributed by atoms with van der Waals surface area (Å²) in [4.78, 5) is 0. The van der Waals surface area contributed by atoms with Gasteiger partial charge in [-0.2, -0.15) is 0 Å². The molecule has 0 radical (unpaired) electrons. The van der Waals surface area contributed by atoms with Crippen molar-refractivity contribution >= 4 is 0 Å². The maximum absolute atomic E-state index is 5.50. The van der Waals surface area contributed by atoms with E-state index in [1.807, 2.05) is 0 Å². The molecule has 60 valence electrons. The zero-order valence-corrected chi connectivity index (χ0v) is 7.14. The average molecular weight is 141 g/mol. The van der Waals surface area contributed by atoms with Gasteiger partial charge in [0.1, 0.15) is 0 Å². The first-order chi connectivity index (χ1) is 4.75. The minimum absolute atomic E-state index is 0.880. The molecule has 0 spiro atoms. The summed E-state index contributed by atoms with van der Waals surface area (Å²) in [7, 11) is 0. The lowest BCUT2D eigenvalue weighted by molar-refractivity contribution is 0.115. The van der Waals surface area contributed by atoms with Crippen LogP contribution in [0.5, 0.6) is 0 Å². The van der Waals surface area contributed by atoms with Crippen molar-refractivity contribution in [2.45, 2.75) is 33.1 Å². The first-order valence-electron chi connectivity index (χ1n) is 4.45. The van der Waals surface area contributed by atoms with Crippen molar-refractivity contribution in [3.05, 3.63) is 0 Å². The van der Waals surface area contributed by atoms with Crippen LogP contribution in [0.2, 0.25) is 0 Å². The maximum atomic E-state index is 5.50. The van der Waals surface area contributed by atoms with E-state index in [2.05, 4.69) is 13.8 Å². The van der Waals surface area contributed by atoms with Crippen molar-refractivity contribution in [2.24, 2.45) is 23.5 Å². The van der Waals surface area contributed by atoms with Crippen LogP contribution in [0.3, 0.4) is 0 Å². The Bertz CT molecular complexity index is 98.9. The molecule has 0 saturated heterocycles. The van der Waals surface area contributed by atoms with Crippen molar-refractivity contribution < 1.29 is 0 Å². The number of nitrogens with two attached hydrogens (primary N) is 1. The van der Waals surface area contributed by atoms with E-state index in [1.165, 1.54) is 19.3 Å². The van der Waals surface area contributed by atoms with Gasteiger partial charge >= 0.3 is 0 Å². The van der Waals surface area contributed by atoms with Crippen molar-refractivity contribution in [3.8, 4) is 0 Å². The molecule has 0 aromatic carbocycles. The minimum atomic E-state index is 0.880. The summed E-state index contributed by atoms with van der Waals surface area (Å²) in [5.41, 5.74) is 5.50. The van der Waals surface area contributed by atoms with Gasteiger partial charge in [-0.1, -0.05) is 13.8 Å². The van der Waals surface area contributed by atoms with Crippen molar-refractivity contribution in [3.63, 3.8) is 0 Å². The topological polar surface area (TPSA) is 26.0 Å². The molecule has 0 aromatic heterocycles. The van der Waals surface area contributed by atoms with E-state index in [0.717, 1.165) is 24.3 Å². The van der Waals surface area contributed by atoms with Crippen LogP contribution < -0.4 is 5.73 Å². The highest BCUT2D eigenvalue weighted by atomic mass is 14.5. The molecule has 0 amide bonds. The predicted octanol–water partition coefficient (Wildman–Crippen LogP) is 2.02.